The van der Waals surface area contributed by atoms with Gasteiger partial charge >= 0.3 is 0 Å². The van der Waals surface area contributed by atoms with Gasteiger partial charge in [-0.05, 0) is 18.5 Å². The van der Waals surface area contributed by atoms with Gasteiger partial charge in [-0.2, -0.15) is 0 Å². The zero-order chi connectivity index (χ0) is 10.6. The van der Waals surface area contributed by atoms with Crippen molar-refractivity contribution in [2.45, 2.75) is 26.8 Å². The van der Waals surface area contributed by atoms with Crippen LogP contribution in [0.4, 0.5) is 5.69 Å². The Bertz CT molecular complexity index is 284. The highest BCUT2D eigenvalue weighted by Crippen LogP contribution is 2.25. The average Bonchev–Trinajstić information content (AvgIpc) is 2.15. The second-order valence-corrected chi connectivity index (χ2v) is 3.78. The second-order valence-electron chi connectivity index (χ2n) is 3.78. The Kier molecular flexibility index (Phi) is 3.89. The fourth-order valence-electron chi connectivity index (χ4n) is 1.60. The molecular formula is C11H19N3. The van der Waals surface area contributed by atoms with E-state index in [1.165, 1.54) is 0 Å². The van der Waals surface area contributed by atoms with E-state index >= 15 is 0 Å². The Balaban J connectivity index is 2.93. The molecule has 3 heteroatoms. The third-order valence-corrected chi connectivity index (χ3v) is 2.31. The lowest BCUT2D eigenvalue weighted by molar-refractivity contribution is 0.422. The molecule has 0 radical (unpaired) electrons. The van der Waals surface area contributed by atoms with Crippen molar-refractivity contribution in [1.29, 1.82) is 0 Å². The predicted molar refractivity (Wildman–Crippen MR) is 59.9 cm³/mol. The van der Waals surface area contributed by atoms with Gasteiger partial charge in [-0.3, -0.25) is 4.98 Å². The summed E-state index contributed by atoms with van der Waals surface area (Å²) in [7, 11) is 0. The van der Waals surface area contributed by atoms with Gasteiger partial charge in [-0.1, -0.05) is 20.8 Å². The number of nitrogens with zero attached hydrogens (tertiary/aromatic N) is 1. The van der Waals surface area contributed by atoms with Gasteiger partial charge in [0.1, 0.15) is 0 Å². The van der Waals surface area contributed by atoms with Crippen LogP contribution in [0.2, 0.25) is 0 Å². The molecule has 1 aromatic heterocycles. The Morgan fingerprint density at radius 1 is 1.50 bits per heavy atom. The fourth-order valence-corrected chi connectivity index (χ4v) is 1.60. The molecule has 0 fully saturated rings. The molecule has 0 aliphatic rings. The summed E-state index contributed by atoms with van der Waals surface area (Å²) in [4.78, 5) is 4.11. The minimum atomic E-state index is 0.300. The molecule has 14 heavy (non-hydrogen) atoms. The van der Waals surface area contributed by atoms with Gasteiger partial charge in [0.2, 0.25) is 0 Å². The minimum Gasteiger partial charge on any atom is -0.398 e. The molecule has 3 nitrogen and oxygen atoms in total. The summed E-state index contributed by atoms with van der Waals surface area (Å²) in [6.07, 6.45) is 3.57. The first-order chi connectivity index (χ1) is 6.66. The maximum atomic E-state index is 5.91. The zero-order valence-corrected chi connectivity index (χ0v) is 9.12. The molecule has 0 aliphatic carbocycles. The van der Waals surface area contributed by atoms with E-state index in [2.05, 4.69) is 31.1 Å². The van der Waals surface area contributed by atoms with E-state index in [-0.39, 0.29) is 0 Å². The van der Waals surface area contributed by atoms with Crippen molar-refractivity contribution < 1.29 is 0 Å². The number of nitrogens with two attached hydrogens (primary N) is 1. The summed E-state index contributed by atoms with van der Waals surface area (Å²) in [5, 5.41) is 3.42. The monoisotopic (exact) mass is 193 g/mol. The van der Waals surface area contributed by atoms with E-state index in [9.17, 15) is 0 Å². The molecule has 0 saturated carbocycles. The van der Waals surface area contributed by atoms with E-state index in [1.807, 2.05) is 12.3 Å². The summed E-state index contributed by atoms with van der Waals surface area (Å²) in [5.41, 5.74) is 7.83. The van der Waals surface area contributed by atoms with Crippen LogP contribution in [-0.4, -0.2) is 11.5 Å². The highest BCUT2D eigenvalue weighted by Gasteiger charge is 2.16. The van der Waals surface area contributed by atoms with Crippen LogP contribution in [0, 0.1) is 5.92 Å². The summed E-state index contributed by atoms with van der Waals surface area (Å²) < 4.78 is 0. The topological polar surface area (TPSA) is 50.9 Å². The van der Waals surface area contributed by atoms with Crippen molar-refractivity contribution in [1.82, 2.24) is 10.3 Å². The summed E-state index contributed by atoms with van der Waals surface area (Å²) in [5.74, 6) is 0.515. The normalized spacial score (nSPS) is 13.1. The number of aromatic nitrogens is 1. The van der Waals surface area contributed by atoms with Crippen molar-refractivity contribution in [2.24, 2.45) is 5.92 Å². The Morgan fingerprint density at radius 3 is 2.71 bits per heavy atom. The van der Waals surface area contributed by atoms with E-state index < -0.39 is 0 Å². The Labute approximate surface area is 85.7 Å². The number of hydrogen-bond acceptors (Lipinski definition) is 3. The Hall–Kier alpha value is -1.09. The molecule has 0 amide bonds. The molecule has 0 saturated heterocycles. The van der Waals surface area contributed by atoms with Gasteiger partial charge in [-0.15, -0.1) is 0 Å². The maximum absolute atomic E-state index is 5.91. The van der Waals surface area contributed by atoms with Crippen LogP contribution in [0.1, 0.15) is 32.4 Å². The number of pyridine rings is 1. The smallest absolute Gasteiger partial charge is 0.0393 e. The van der Waals surface area contributed by atoms with E-state index in [4.69, 9.17) is 5.73 Å². The SMILES string of the molecule is CCNC(c1cnccc1N)C(C)C. The second kappa shape index (κ2) is 4.96. The molecular weight excluding hydrogens is 174 g/mol. The van der Waals surface area contributed by atoms with Crippen molar-refractivity contribution in [3.8, 4) is 0 Å². The first-order valence-electron chi connectivity index (χ1n) is 5.09. The molecule has 0 spiro atoms. The molecule has 0 aliphatic heterocycles. The van der Waals surface area contributed by atoms with Crippen LogP contribution in [0.15, 0.2) is 18.5 Å². The van der Waals surface area contributed by atoms with Crippen LogP contribution in [-0.2, 0) is 0 Å². The molecule has 78 valence electrons. The third-order valence-electron chi connectivity index (χ3n) is 2.31. The summed E-state index contributed by atoms with van der Waals surface area (Å²) in [6, 6.07) is 2.15. The van der Waals surface area contributed by atoms with Gasteiger partial charge in [0.05, 0.1) is 0 Å². The zero-order valence-electron chi connectivity index (χ0n) is 9.12. The Morgan fingerprint density at radius 2 is 2.21 bits per heavy atom. The fraction of sp³-hybridized carbons (Fsp3) is 0.545. The van der Waals surface area contributed by atoms with Gasteiger partial charge in [0.25, 0.3) is 0 Å². The van der Waals surface area contributed by atoms with Crippen molar-refractivity contribution in [2.75, 3.05) is 12.3 Å². The van der Waals surface area contributed by atoms with Gasteiger partial charge in [0, 0.05) is 29.7 Å². The minimum absolute atomic E-state index is 0.300. The molecule has 1 rings (SSSR count). The van der Waals surface area contributed by atoms with E-state index in [0.29, 0.717) is 12.0 Å². The molecule has 0 aromatic carbocycles. The molecule has 1 heterocycles. The predicted octanol–water partition coefficient (Wildman–Crippen LogP) is 1.97. The number of hydrogen-bond donors (Lipinski definition) is 2. The number of anilines is 1. The molecule has 1 atom stereocenters. The molecule has 1 unspecified atom stereocenters. The molecule has 3 N–H and O–H groups in total. The largest absolute Gasteiger partial charge is 0.398 e. The highest BCUT2D eigenvalue weighted by molar-refractivity contribution is 5.46. The maximum Gasteiger partial charge on any atom is 0.0393 e. The van der Waals surface area contributed by atoms with Crippen LogP contribution in [0.25, 0.3) is 0 Å². The van der Waals surface area contributed by atoms with Crippen molar-refractivity contribution in [3.05, 3.63) is 24.0 Å². The number of nitrogen functional groups attached to an aromatic ring is 1. The van der Waals surface area contributed by atoms with Crippen LogP contribution in [0.5, 0.6) is 0 Å². The van der Waals surface area contributed by atoms with E-state index in [1.54, 1.807) is 6.20 Å². The first kappa shape index (κ1) is 11.0. The lowest BCUT2D eigenvalue weighted by Gasteiger charge is -2.23. The number of nitrogens with one attached hydrogen (secondary N) is 1. The van der Waals surface area contributed by atoms with Crippen LogP contribution in [0.3, 0.4) is 0 Å². The lowest BCUT2D eigenvalue weighted by Crippen LogP contribution is -2.26. The van der Waals surface area contributed by atoms with Crippen molar-refractivity contribution in [3.63, 3.8) is 0 Å². The summed E-state index contributed by atoms with van der Waals surface area (Å²) in [6.45, 7) is 7.40. The standard InChI is InChI=1S/C11H19N3/c1-4-14-11(8(2)3)9-7-13-6-5-10(9)12/h5-8,11,14H,4H2,1-3H3,(H2,12,13). The third kappa shape index (κ3) is 2.45. The van der Waals surface area contributed by atoms with Gasteiger partial charge in [-0.25, -0.2) is 0 Å². The van der Waals surface area contributed by atoms with Crippen LogP contribution < -0.4 is 11.1 Å². The number of rotatable bonds is 4. The van der Waals surface area contributed by atoms with E-state index in [0.717, 1.165) is 17.8 Å². The summed E-state index contributed by atoms with van der Waals surface area (Å²) >= 11 is 0. The lowest BCUT2D eigenvalue weighted by atomic mass is 9.96. The van der Waals surface area contributed by atoms with Crippen LogP contribution >= 0.6 is 0 Å². The van der Waals surface area contributed by atoms with Gasteiger partial charge in [0.15, 0.2) is 0 Å². The average molecular weight is 193 g/mol. The molecule has 0 bridgehead atoms. The first-order valence-corrected chi connectivity index (χ1v) is 5.09. The quantitative estimate of drug-likeness (QED) is 0.768. The van der Waals surface area contributed by atoms with Crippen molar-refractivity contribution >= 4 is 5.69 Å². The highest BCUT2D eigenvalue weighted by atomic mass is 14.9. The molecule has 1 aromatic rings. The van der Waals surface area contributed by atoms with Gasteiger partial charge < -0.3 is 11.1 Å².